The number of benzene rings is 2. The van der Waals surface area contributed by atoms with Gasteiger partial charge in [0.2, 0.25) is 0 Å². The zero-order valence-corrected chi connectivity index (χ0v) is 12.3. The zero-order chi connectivity index (χ0) is 14.3. The minimum atomic E-state index is -1.13. The van der Waals surface area contributed by atoms with E-state index in [2.05, 4.69) is 15.9 Å². The minimum absolute atomic E-state index is 0.417. The van der Waals surface area contributed by atoms with Gasteiger partial charge >= 0.3 is 0 Å². The van der Waals surface area contributed by atoms with Crippen molar-refractivity contribution in [2.45, 2.75) is 24.9 Å². The van der Waals surface area contributed by atoms with E-state index >= 15 is 0 Å². The second-order valence-corrected chi connectivity index (χ2v) is 6.17. The van der Waals surface area contributed by atoms with Crippen LogP contribution in [0.3, 0.4) is 0 Å². The van der Waals surface area contributed by atoms with Gasteiger partial charge in [-0.2, -0.15) is 0 Å². The van der Waals surface area contributed by atoms with Crippen LogP contribution in [0.1, 0.15) is 23.1 Å². The van der Waals surface area contributed by atoms with Gasteiger partial charge in [0.25, 0.3) is 0 Å². The lowest BCUT2D eigenvalue weighted by molar-refractivity contribution is 0.0218. The fourth-order valence-corrected chi connectivity index (χ4v) is 3.19. The molecule has 1 aliphatic carbocycles. The third kappa shape index (κ3) is 2.38. The van der Waals surface area contributed by atoms with Crippen LogP contribution in [-0.2, 0) is 18.4 Å². The molecule has 0 spiro atoms. The normalized spacial score (nSPS) is 21.6. The molecule has 0 heterocycles. The molecular weight excluding hydrogens is 326 g/mol. The lowest BCUT2D eigenvalue weighted by atomic mass is 9.76. The first-order valence-corrected chi connectivity index (χ1v) is 7.22. The molecule has 2 aromatic rings. The Morgan fingerprint density at radius 2 is 1.80 bits per heavy atom. The van der Waals surface area contributed by atoms with Crippen LogP contribution >= 0.6 is 15.9 Å². The van der Waals surface area contributed by atoms with E-state index in [4.69, 9.17) is 0 Å². The molecule has 0 fully saturated rings. The fourth-order valence-electron chi connectivity index (χ4n) is 2.78. The third-order valence-electron chi connectivity index (χ3n) is 3.92. The maximum atomic E-state index is 13.4. The Bertz CT molecular complexity index is 672. The molecule has 1 aliphatic rings. The van der Waals surface area contributed by atoms with E-state index in [0.717, 1.165) is 22.2 Å². The smallest absolute Gasteiger partial charge is 0.159 e. The van der Waals surface area contributed by atoms with Crippen molar-refractivity contribution in [2.75, 3.05) is 0 Å². The van der Waals surface area contributed by atoms with Crippen LogP contribution in [0.4, 0.5) is 8.78 Å². The van der Waals surface area contributed by atoms with Gasteiger partial charge in [-0.25, -0.2) is 8.78 Å². The van der Waals surface area contributed by atoms with Crippen molar-refractivity contribution in [1.29, 1.82) is 0 Å². The first-order chi connectivity index (χ1) is 9.48. The van der Waals surface area contributed by atoms with Gasteiger partial charge in [-0.3, -0.25) is 0 Å². The minimum Gasteiger partial charge on any atom is -0.385 e. The third-order valence-corrected chi connectivity index (χ3v) is 4.41. The largest absolute Gasteiger partial charge is 0.385 e. The maximum absolute atomic E-state index is 13.4. The van der Waals surface area contributed by atoms with Gasteiger partial charge in [0.15, 0.2) is 11.6 Å². The van der Waals surface area contributed by atoms with Crippen molar-refractivity contribution >= 4 is 15.9 Å². The van der Waals surface area contributed by atoms with Crippen LogP contribution < -0.4 is 0 Å². The second-order valence-electron chi connectivity index (χ2n) is 5.25. The average molecular weight is 339 g/mol. The molecule has 1 unspecified atom stereocenters. The summed E-state index contributed by atoms with van der Waals surface area (Å²) in [5.41, 5.74) is 1.54. The summed E-state index contributed by atoms with van der Waals surface area (Å²) in [6.07, 6.45) is 1.63. The highest BCUT2D eigenvalue weighted by Crippen LogP contribution is 2.37. The molecule has 0 aromatic heterocycles. The van der Waals surface area contributed by atoms with Gasteiger partial charge in [-0.05, 0) is 53.8 Å². The molecule has 1 atom stereocenters. The summed E-state index contributed by atoms with van der Waals surface area (Å²) >= 11 is 3.43. The van der Waals surface area contributed by atoms with E-state index in [9.17, 15) is 13.9 Å². The van der Waals surface area contributed by atoms with Crippen LogP contribution in [-0.4, -0.2) is 5.11 Å². The molecule has 4 heteroatoms. The van der Waals surface area contributed by atoms with Crippen molar-refractivity contribution in [3.05, 3.63) is 69.2 Å². The van der Waals surface area contributed by atoms with E-state index in [1.165, 1.54) is 11.6 Å². The van der Waals surface area contributed by atoms with E-state index in [1.54, 1.807) is 0 Å². The molecule has 0 aliphatic heterocycles. The van der Waals surface area contributed by atoms with E-state index in [0.29, 0.717) is 24.8 Å². The molecule has 3 rings (SSSR count). The Kier molecular flexibility index (Phi) is 3.38. The van der Waals surface area contributed by atoms with Crippen molar-refractivity contribution in [3.63, 3.8) is 0 Å². The van der Waals surface area contributed by atoms with Gasteiger partial charge in [0.1, 0.15) is 0 Å². The van der Waals surface area contributed by atoms with E-state index in [-0.39, 0.29) is 0 Å². The number of aliphatic hydroxyl groups is 1. The molecule has 0 bridgehead atoms. The van der Waals surface area contributed by atoms with Crippen LogP contribution in [0.2, 0.25) is 0 Å². The second kappa shape index (κ2) is 4.93. The summed E-state index contributed by atoms with van der Waals surface area (Å²) in [7, 11) is 0. The quantitative estimate of drug-likeness (QED) is 0.829. The number of rotatable bonds is 1. The summed E-state index contributed by atoms with van der Waals surface area (Å²) in [6, 6.07) is 9.56. The summed E-state index contributed by atoms with van der Waals surface area (Å²) in [5.74, 6) is -1.81. The van der Waals surface area contributed by atoms with Gasteiger partial charge in [-0.15, -0.1) is 0 Å². The number of fused-ring (bicyclic) bond motifs is 1. The fraction of sp³-hybridized carbons (Fsp3) is 0.250. The van der Waals surface area contributed by atoms with Crippen molar-refractivity contribution in [1.82, 2.24) is 0 Å². The van der Waals surface area contributed by atoms with Gasteiger partial charge in [0, 0.05) is 10.9 Å². The number of aryl methyl sites for hydroxylation is 1. The SMILES string of the molecule is OC1(c2ccc(F)c(F)c2)CCc2cc(Br)ccc2C1. The molecule has 1 nitrogen and oxygen atoms in total. The predicted molar refractivity (Wildman–Crippen MR) is 76.4 cm³/mol. The summed E-state index contributed by atoms with van der Waals surface area (Å²) in [4.78, 5) is 0. The Morgan fingerprint density at radius 3 is 2.55 bits per heavy atom. The first-order valence-electron chi connectivity index (χ1n) is 6.43. The van der Waals surface area contributed by atoms with Crippen molar-refractivity contribution in [2.24, 2.45) is 0 Å². The lowest BCUT2D eigenvalue weighted by Crippen LogP contribution is -2.33. The molecule has 0 radical (unpaired) electrons. The number of hydrogen-bond donors (Lipinski definition) is 1. The molecule has 2 aromatic carbocycles. The first kappa shape index (κ1) is 13.7. The topological polar surface area (TPSA) is 20.2 Å². The Labute approximate surface area is 124 Å². The highest BCUT2D eigenvalue weighted by molar-refractivity contribution is 9.10. The monoisotopic (exact) mass is 338 g/mol. The molecule has 0 amide bonds. The van der Waals surface area contributed by atoms with E-state index < -0.39 is 17.2 Å². The Balaban J connectivity index is 1.98. The van der Waals surface area contributed by atoms with Gasteiger partial charge in [-0.1, -0.05) is 28.1 Å². The van der Waals surface area contributed by atoms with Crippen LogP contribution in [0.15, 0.2) is 40.9 Å². The van der Waals surface area contributed by atoms with Crippen LogP contribution in [0.5, 0.6) is 0 Å². The Morgan fingerprint density at radius 1 is 1.00 bits per heavy atom. The van der Waals surface area contributed by atoms with Crippen LogP contribution in [0, 0.1) is 11.6 Å². The number of halogens is 3. The van der Waals surface area contributed by atoms with Gasteiger partial charge < -0.3 is 5.11 Å². The predicted octanol–water partition coefficient (Wildman–Crippen LogP) is 4.10. The zero-order valence-electron chi connectivity index (χ0n) is 10.7. The van der Waals surface area contributed by atoms with Crippen LogP contribution in [0.25, 0.3) is 0 Å². The summed E-state index contributed by atoms with van der Waals surface area (Å²) in [6.45, 7) is 0. The average Bonchev–Trinajstić information content (AvgIpc) is 2.42. The molecule has 0 saturated carbocycles. The number of hydrogen-bond acceptors (Lipinski definition) is 1. The molecule has 20 heavy (non-hydrogen) atoms. The lowest BCUT2D eigenvalue weighted by Gasteiger charge is -2.34. The van der Waals surface area contributed by atoms with Crippen molar-refractivity contribution < 1.29 is 13.9 Å². The molecule has 0 saturated heterocycles. The molecule has 104 valence electrons. The summed E-state index contributed by atoms with van der Waals surface area (Å²) < 4.78 is 27.4. The van der Waals surface area contributed by atoms with E-state index in [1.807, 2.05) is 18.2 Å². The van der Waals surface area contributed by atoms with Crippen molar-refractivity contribution in [3.8, 4) is 0 Å². The summed E-state index contributed by atoms with van der Waals surface area (Å²) in [5, 5.41) is 10.8. The Hall–Kier alpha value is -1.26. The molecule has 1 N–H and O–H groups in total. The highest BCUT2D eigenvalue weighted by Gasteiger charge is 2.34. The maximum Gasteiger partial charge on any atom is 0.159 e. The highest BCUT2D eigenvalue weighted by atomic mass is 79.9. The standard InChI is InChI=1S/C16H13BrF2O/c17-13-3-1-11-9-16(20,6-5-10(11)7-13)12-2-4-14(18)15(19)8-12/h1-4,7-8,20H,5-6,9H2. The molecular formula is C16H13BrF2O. The van der Waals surface area contributed by atoms with Gasteiger partial charge in [0.05, 0.1) is 5.60 Å².